The average molecular weight is 411 g/mol. The van der Waals surface area contributed by atoms with Gasteiger partial charge in [-0.05, 0) is 37.5 Å². The molecule has 1 saturated heterocycles. The van der Waals surface area contributed by atoms with Gasteiger partial charge >= 0.3 is 0 Å². The molecule has 0 radical (unpaired) electrons. The number of amides is 2. The Morgan fingerprint density at radius 2 is 2.00 bits per heavy atom. The Labute approximate surface area is 164 Å². The van der Waals surface area contributed by atoms with Crippen LogP contribution in [0.3, 0.4) is 0 Å². The van der Waals surface area contributed by atoms with Crippen molar-refractivity contribution in [3.8, 4) is 0 Å². The van der Waals surface area contributed by atoms with Gasteiger partial charge in [-0.15, -0.1) is 0 Å². The van der Waals surface area contributed by atoms with Crippen molar-refractivity contribution in [3.63, 3.8) is 0 Å². The molecule has 2 amide bonds. The zero-order valence-corrected chi connectivity index (χ0v) is 17.0. The molecule has 7 nitrogen and oxygen atoms in total. The summed E-state index contributed by atoms with van der Waals surface area (Å²) in [5, 5.41) is 2.98. The first-order chi connectivity index (χ1) is 13.1. The third-order valence-corrected chi connectivity index (χ3v) is 6.77. The summed E-state index contributed by atoms with van der Waals surface area (Å²) in [6.45, 7) is 1.14. The van der Waals surface area contributed by atoms with Gasteiger partial charge in [0.15, 0.2) is 0 Å². The van der Waals surface area contributed by atoms with Crippen LogP contribution in [0.1, 0.15) is 38.2 Å². The number of carbonyl (C=O) groups is 2. The van der Waals surface area contributed by atoms with Gasteiger partial charge in [0.25, 0.3) is 0 Å². The van der Waals surface area contributed by atoms with E-state index in [-0.39, 0.29) is 31.6 Å². The number of sulfonamides is 1. The van der Waals surface area contributed by atoms with Gasteiger partial charge < -0.3 is 10.2 Å². The number of benzene rings is 1. The molecule has 0 aromatic heterocycles. The Morgan fingerprint density at radius 1 is 1.32 bits per heavy atom. The van der Waals surface area contributed by atoms with Crippen LogP contribution in [-0.4, -0.2) is 60.4 Å². The molecule has 154 valence electrons. The van der Waals surface area contributed by atoms with Gasteiger partial charge in [-0.25, -0.2) is 12.8 Å². The predicted octanol–water partition coefficient (Wildman–Crippen LogP) is 1.25. The van der Waals surface area contributed by atoms with Crippen molar-refractivity contribution in [1.29, 1.82) is 0 Å². The molecule has 1 heterocycles. The number of rotatable bonds is 5. The summed E-state index contributed by atoms with van der Waals surface area (Å²) in [5.74, 6) is -1.29. The van der Waals surface area contributed by atoms with Gasteiger partial charge in [0.05, 0.1) is 12.8 Å². The Hall–Kier alpha value is -2.00. The molecule has 9 heteroatoms. The SMILES string of the molecule is C[C@]1(C(=O)NC2CCCC2)CN(S(C)(=O)=O)CC(=O)N1Cc1cccc(F)c1. The molecule has 1 aliphatic carbocycles. The van der Waals surface area contributed by atoms with Crippen molar-refractivity contribution in [1.82, 2.24) is 14.5 Å². The highest BCUT2D eigenvalue weighted by molar-refractivity contribution is 7.88. The Kier molecular flexibility index (Phi) is 5.77. The fourth-order valence-corrected chi connectivity index (χ4v) is 4.75. The minimum absolute atomic E-state index is 0.0305. The van der Waals surface area contributed by atoms with Crippen LogP contribution in [0.5, 0.6) is 0 Å². The first-order valence-electron chi connectivity index (χ1n) is 9.40. The fourth-order valence-electron chi connectivity index (χ4n) is 3.92. The van der Waals surface area contributed by atoms with Crippen LogP contribution in [-0.2, 0) is 26.2 Å². The van der Waals surface area contributed by atoms with E-state index in [1.807, 2.05) is 0 Å². The van der Waals surface area contributed by atoms with E-state index in [0.29, 0.717) is 5.56 Å². The minimum Gasteiger partial charge on any atom is -0.351 e. The quantitative estimate of drug-likeness (QED) is 0.790. The molecular weight excluding hydrogens is 385 g/mol. The van der Waals surface area contributed by atoms with E-state index in [0.717, 1.165) is 36.2 Å². The minimum atomic E-state index is -3.65. The van der Waals surface area contributed by atoms with E-state index >= 15 is 0 Å². The van der Waals surface area contributed by atoms with Crippen LogP contribution in [0.15, 0.2) is 24.3 Å². The van der Waals surface area contributed by atoms with Crippen LogP contribution >= 0.6 is 0 Å². The van der Waals surface area contributed by atoms with Crippen molar-refractivity contribution in [2.24, 2.45) is 0 Å². The Bertz CT molecular complexity index is 870. The van der Waals surface area contributed by atoms with Crippen LogP contribution in [0, 0.1) is 5.82 Å². The second kappa shape index (κ2) is 7.79. The van der Waals surface area contributed by atoms with Gasteiger partial charge in [-0.1, -0.05) is 25.0 Å². The molecule has 2 fully saturated rings. The maximum Gasteiger partial charge on any atom is 0.247 e. The molecule has 28 heavy (non-hydrogen) atoms. The summed E-state index contributed by atoms with van der Waals surface area (Å²) in [6.07, 6.45) is 4.83. The number of nitrogens with one attached hydrogen (secondary N) is 1. The molecule has 1 atom stereocenters. The topological polar surface area (TPSA) is 86.8 Å². The summed E-state index contributed by atoms with van der Waals surface area (Å²) in [7, 11) is -3.65. The average Bonchev–Trinajstić information content (AvgIpc) is 3.10. The first kappa shape index (κ1) is 20.7. The maximum absolute atomic E-state index is 13.6. The van der Waals surface area contributed by atoms with Crippen molar-refractivity contribution in [2.75, 3.05) is 19.3 Å². The zero-order valence-electron chi connectivity index (χ0n) is 16.2. The summed E-state index contributed by atoms with van der Waals surface area (Å²) in [6, 6.07) is 5.86. The first-order valence-corrected chi connectivity index (χ1v) is 11.3. The highest BCUT2D eigenvalue weighted by Gasteiger charge is 2.49. The van der Waals surface area contributed by atoms with Crippen molar-refractivity contribution in [3.05, 3.63) is 35.6 Å². The van der Waals surface area contributed by atoms with E-state index in [1.54, 1.807) is 13.0 Å². The van der Waals surface area contributed by atoms with Crippen molar-refractivity contribution >= 4 is 21.8 Å². The number of hydrogen-bond donors (Lipinski definition) is 1. The highest BCUT2D eigenvalue weighted by Crippen LogP contribution is 2.28. The lowest BCUT2D eigenvalue weighted by Gasteiger charge is -2.47. The molecule has 1 aromatic rings. The van der Waals surface area contributed by atoms with Gasteiger partial charge in [0.2, 0.25) is 21.8 Å². The van der Waals surface area contributed by atoms with Crippen molar-refractivity contribution in [2.45, 2.75) is 50.7 Å². The summed E-state index contributed by atoms with van der Waals surface area (Å²) < 4.78 is 38.8. The number of hydrogen-bond acceptors (Lipinski definition) is 4. The molecule has 0 bridgehead atoms. The van der Waals surface area contributed by atoms with Gasteiger partial charge in [-0.3, -0.25) is 9.59 Å². The lowest BCUT2D eigenvalue weighted by Crippen LogP contribution is -2.69. The standard InChI is InChI=1S/C19H26FN3O4S/c1-19(18(25)21-16-8-3-4-9-16)13-22(28(2,26)27)12-17(24)23(19)11-14-6-5-7-15(20)10-14/h5-7,10,16H,3-4,8-9,11-13H2,1-2H3,(H,21,25)/t19-/m1/s1. The molecule has 1 aliphatic heterocycles. The van der Waals surface area contributed by atoms with E-state index in [9.17, 15) is 22.4 Å². The van der Waals surface area contributed by atoms with Crippen LogP contribution in [0.25, 0.3) is 0 Å². The van der Waals surface area contributed by atoms with E-state index in [1.165, 1.54) is 23.1 Å². The Morgan fingerprint density at radius 3 is 2.61 bits per heavy atom. The third kappa shape index (κ3) is 4.35. The molecule has 1 aromatic carbocycles. The lowest BCUT2D eigenvalue weighted by atomic mass is 9.94. The van der Waals surface area contributed by atoms with Gasteiger partial charge in [-0.2, -0.15) is 4.31 Å². The molecule has 0 spiro atoms. The predicted molar refractivity (Wildman–Crippen MR) is 102 cm³/mol. The second-order valence-electron chi connectivity index (χ2n) is 7.87. The molecule has 2 aliphatic rings. The molecule has 1 N–H and O–H groups in total. The zero-order chi connectivity index (χ0) is 20.5. The summed E-state index contributed by atoms with van der Waals surface area (Å²) >= 11 is 0. The molecule has 0 unspecified atom stereocenters. The van der Waals surface area contributed by atoms with Gasteiger partial charge in [0.1, 0.15) is 11.4 Å². The van der Waals surface area contributed by atoms with Crippen LogP contribution in [0.2, 0.25) is 0 Å². The molecule has 3 rings (SSSR count). The maximum atomic E-state index is 13.6. The number of piperazine rings is 1. The highest BCUT2D eigenvalue weighted by atomic mass is 32.2. The summed E-state index contributed by atoms with van der Waals surface area (Å²) in [4.78, 5) is 27.4. The van der Waals surface area contributed by atoms with E-state index < -0.39 is 27.3 Å². The number of halogens is 1. The van der Waals surface area contributed by atoms with Crippen molar-refractivity contribution < 1.29 is 22.4 Å². The lowest BCUT2D eigenvalue weighted by molar-refractivity contribution is -0.154. The van der Waals surface area contributed by atoms with E-state index in [4.69, 9.17) is 0 Å². The van der Waals surface area contributed by atoms with Gasteiger partial charge in [0, 0.05) is 19.1 Å². The fraction of sp³-hybridized carbons (Fsp3) is 0.579. The summed E-state index contributed by atoms with van der Waals surface area (Å²) in [5.41, 5.74) is -0.839. The van der Waals surface area contributed by atoms with E-state index in [2.05, 4.69) is 5.32 Å². The van der Waals surface area contributed by atoms with Crippen LogP contribution in [0.4, 0.5) is 4.39 Å². The van der Waals surface area contributed by atoms with Crippen LogP contribution < -0.4 is 5.32 Å². The number of carbonyl (C=O) groups excluding carboxylic acids is 2. The normalized spacial score (nSPS) is 24.5. The molecule has 1 saturated carbocycles. The smallest absolute Gasteiger partial charge is 0.247 e. The monoisotopic (exact) mass is 411 g/mol. The Balaban J connectivity index is 1.91. The second-order valence-corrected chi connectivity index (χ2v) is 9.85. The third-order valence-electron chi connectivity index (χ3n) is 5.57. The molecular formula is C19H26FN3O4S. The number of nitrogens with zero attached hydrogens (tertiary/aromatic N) is 2. The largest absolute Gasteiger partial charge is 0.351 e.